The summed E-state index contributed by atoms with van der Waals surface area (Å²) in [5.74, 6) is 1.21. The van der Waals surface area contributed by atoms with Gasteiger partial charge in [0.25, 0.3) is 0 Å². The quantitative estimate of drug-likeness (QED) is 0.516. The smallest absolute Gasteiger partial charge is 0.246 e. The summed E-state index contributed by atoms with van der Waals surface area (Å²) in [6.45, 7) is 4.08. The molecule has 2 aromatic heterocycles. The van der Waals surface area contributed by atoms with Crippen LogP contribution in [0.3, 0.4) is 0 Å². The third-order valence-corrected chi connectivity index (χ3v) is 7.51. The summed E-state index contributed by atoms with van der Waals surface area (Å²) < 4.78 is 10.6. The van der Waals surface area contributed by atoms with Gasteiger partial charge in [0.2, 0.25) is 17.7 Å². The number of carbonyl (C=O) groups is 3. The second-order valence-corrected chi connectivity index (χ2v) is 10.5. The normalized spacial score (nSPS) is 22.7. The maximum absolute atomic E-state index is 14.0. The molecule has 2 fully saturated rings. The van der Waals surface area contributed by atoms with E-state index in [4.69, 9.17) is 8.94 Å². The molecule has 0 radical (unpaired) electrons. The first-order valence-corrected chi connectivity index (χ1v) is 13.2. The van der Waals surface area contributed by atoms with E-state index in [1.165, 1.54) is 6.42 Å². The Labute approximate surface area is 212 Å². The van der Waals surface area contributed by atoms with Crippen LogP contribution < -0.4 is 10.6 Å². The molecular formula is C27H38N4O5. The van der Waals surface area contributed by atoms with Gasteiger partial charge in [-0.15, -0.1) is 0 Å². The van der Waals surface area contributed by atoms with Crippen molar-refractivity contribution in [3.05, 3.63) is 36.0 Å². The van der Waals surface area contributed by atoms with Crippen molar-refractivity contribution >= 4 is 23.5 Å². The van der Waals surface area contributed by atoms with E-state index >= 15 is 0 Å². The van der Waals surface area contributed by atoms with Crippen molar-refractivity contribution < 1.29 is 23.3 Å². The largest absolute Gasteiger partial charge is 0.467 e. The van der Waals surface area contributed by atoms with Crippen molar-refractivity contribution in [2.45, 2.75) is 103 Å². The van der Waals surface area contributed by atoms with Gasteiger partial charge < -0.3 is 24.5 Å². The van der Waals surface area contributed by atoms with Crippen molar-refractivity contribution in [1.29, 1.82) is 0 Å². The van der Waals surface area contributed by atoms with Gasteiger partial charge >= 0.3 is 0 Å². The summed E-state index contributed by atoms with van der Waals surface area (Å²) in [4.78, 5) is 41.9. The van der Waals surface area contributed by atoms with Crippen LogP contribution in [0.25, 0.3) is 0 Å². The molecule has 2 saturated carbocycles. The van der Waals surface area contributed by atoms with E-state index < -0.39 is 5.54 Å². The molecule has 0 unspecified atom stereocenters. The average Bonchev–Trinajstić information content (AvgIpc) is 3.53. The SMILES string of the molecule is Cc1cc(NC(=O)CCC(=O)N(Cc2ccco2)[C@@]2(C(=O)NC3CCCCC3)CCC[C@@H](C)C2)no1. The summed E-state index contributed by atoms with van der Waals surface area (Å²) >= 11 is 0. The van der Waals surface area contributed by atoms with Gasteiger partial charge in [0.05, 0.1) is 12.8 Å². The Morgan fingerprint density at radius 3 is 2.61 bits per heavy atom. The number of aryl methyl sites for hydroxylation is 1. The molecule has 0 spiro atoms. The van der Waals surface area contributed by atoms with Crippen molar-refractivity contribution in [2.75, 3.05) is 5.32 Å². The number of anilines is 1. The monoisotopic (exact) mass is 498 g/mol. The van der Waals surface area contributed by atoms with Crippen molar-refractivity contribution in [2.24, 2.45) is 5.92 Å². The molecule has 0 aromatic carbocycles. The van der Waals surface area contributed by atoms with Crippen LogP contribution >= 0.6 is 0 Å². The first-order chi connectivity index (χ1) is 17.4. The van der Waals surface area contributed by atoms with Crippen LogP contribution in [-0.2, 0) is 20.9 Å². The molecule has 0 bridgehead atoms. The Hall–Kier alpha value is -3.10. The lowest BCUT2D eigenvalue weighted by Gasteiger charge is -2.47. The van der Waals surface area contributed by atoms with Crippen LogP contribution in [0.4, 0.5) is 5.82 Å². The number of hydrogen-bond acceptors (Lipinski definition) is 6. The number of nitrogens with zero attached hydrogens (tertiary/aromatic N) is 2. The number of carbonyl (C=O) groups excluding carboxylic acids is 3. The fraction of sp³-hybridized carbons (Fsp3) is 0.630. The molecule has 9 heteroatoms. The minimum Gasteiger partial charge on any atom is -0.467 e. The zero-order valence-electron chi connectivity index (χ0n) is 21.4. The highest BCUT2D eigenvalue weighted by Gasteiger charge is 2.49. The van der Waals surface area contributed by atoms with Crippen LogP contribution in [0.1, 0.15) is 89.1 Å². The van der Waals surface area contributed by atoms with Crippen molar-refractivity contribution in [1.82, 2.24) is 15.4 Å². The van der Waals surface area contributed by atoms with Crippen LogP contribution in [0, 0.1) is 12.8 Å². The molecule has 196 valence electrons. The van der Waals surface area contributed by atoms with Gasteiger partial charge in [-0.25, -0.2) is 0 Å². The number of hydrogen-bond donors (Lipinski definition) is 2. The van der Waals surface area contributed by atoms with Gasteiger partial charge in [-0.05, 0) is 50.7 Å². The number of aromatic nitrogens is 1. The lowest BCUT2D eigenvalue weighted by molar-refractivity contribution is -0.153. The van der Waals surface area contributed by atoms with E-state index in [2.05, 4.69) is 22.7 Å². The maximum Gasteiger partial charge on any atom is 0.246 e. The van der Waals surface area contributed by atoms with Crippen molar-refractivity contribution in [3.8, 4) is 0 Å². The molecule has 2 aliphatic carbocycles. The van der Waals surface area contributed by atoms with Gasteiger partial charge in [0, 0.05) is 24.9 Å². The maximum atomic E-state index is 14.0. The minimum absolute atomic E-state index is 0.0176. The Balaban J connectivity index is 1.53. The molecule has 2 heterocycles. The van der Waals surface area contributed by atoms with Crippen LogP contribution in [0.2, 0.25) is 0 Å². The summed E-state index contributed by atoms with van der Waals surface area (Å²) in [6, 6.07) is 5.37. The van der Waals surface area contributed by atoms with E-state index in [1.54, 1.807) is 30.2 Å². The molecule has 3 amide bonds. The van der Waals surface area contributed by atoms with E-state index in [0.717, 1.165) is 38.5 Å². The highest BCUT2D eigenvalue weighted by Crippen LogP contribution is 2.39. The second-order valence-electron chi connectivity index (χ2n) is 10.5. The number of rotatable bonds is 9. The van der Waals surface area contributed by atoms with Crippen LogP contribution in [0.15, 0.2) is 33.4 Å². The predicted molar refractivity (Wildman–Crippen MR) is 134 cm³/mol. The fourth-order valence-corrected chi connectivity index (χ4v) is 5.69. The van der Waals surface area contributed by atoms with Crippen LogP contribution in [0.5, 0.6) is 0 Å². The molecule has 2 aromatic rings. The van der Waals surface area contributed by atoms with Gasteiger partial charge in [-0.2, -0.15) is 0 Å². The van der Waals surface area contributed by atoms with E-state index in [0.29, 0.717) is 36.1 Å². The summed E-state index contributed by atoms with van der Waals surface area (Å²) in [5, 5.41) is 9.74. The zero-order valence-corrected chi connectivity index (χ0v) is 21.4. The lowest BCUT2D eigenvalue weighted by atomic mass is 9.74. The van der Waals surface area contributed by atoms with E-state index in [1.807, 2.05) is 6.07 Å². The van der Waals surface area contributed by atoms with Gasteiger partial charge in [0.1, 0.15) is 17.1 Å². The third kappa shape index (κ3) is 6.36. The third-order valence-electron chi connectivity index (χ3n) is 7.51. The molecular weight excluding hydrogens is 460 g/mol. The average molecular weight is 499 g/mol. The molecule has 9 nitrogen and oxygen atoms in total. The Bertz CT molecular complexity index is 1030. The first-order valence-electron chi connectivity index (χ1n) is 13.2. The fourth-order valence-electron chi connectivity index (χ4n) is 5.69. The molecule has 0 aliphatic heterocycles. The minimum atomic E-state index is -0.960. The molecule has 2 N–H and O–H groups in total. The van der Waals surface area contributed by atoms with Gasteiger partial charge in [-0.1, -0.05) is 44.2 Å². The standard InChI is InChI=1S/C27H38N4O5/c1-19-8-6-14-27(17-19,26(34)28-21-9-4-3-5-10-21)31(18-22-11-7-15-35-22)25(33)13-12-24(32)29-23-16-20(2)36-30-23/h7,11,15-16,19,21H,3-6,8-10,12-14,17-18H2,1-2H3,(H,28,34)(H,29,30,32)/t19-,27+/m1/s1. The van der Waals surface area contributed by atoms with E-state index in [-0.39, 0.29) is 43.1 Å². The number of amides is 3. The molecule has 4 rings (SSSR count). The first kappa shape index (κ1) is 26.0. The predicted octanol–water partition coefficient (Wildman–Crippen LogP) is 4.72. The van der Waals surface area contributed by atoms with Gasteiger partial charge in [-0.3, -0.25) is 14.4 Å². The van der Waals surface area contributed by atoms with Crippen LogP contribution in [-0.4, -0.2) is 39.4 Å². The number of nitrogens with one attached hydrogen (secondary N) is 2. The lowest BCUT2D eigenvalue weighted by Crippen LogP contribution is -2.63. The Morgan fingerprint density at radius 1 is 1.14 bits per heavy atom. The molecule has 36 heavy (non-hydrogen) atoms. The summed E-state index contributed by atoms with van der Waals surface area (Å²) in [6.07, 6.45) is 10.0. The highest BCUT2D eigenvalue weighted by atomic mass is 16.5. The summed E-state index contributed by atoms with van der Waals surface area (Å²) in [5.41, 5.74) is -0.960. The molecule has 2 atom stereocenters. The highest BCUT2D eigenvalue weighted by molar-refractivity contribution is 5.95. The molecule has 0 saturated heterocycles. The summed E-state index contributed by atoms with van der Waals surface area (Å²) in [7, 11) is 0. The number of furan rings is 1. The topological polar surface area (TPSA) is 118 Å². The van der Waals surface area contributed by atoms with E-state index in [9.17, 15) is 14.4 Å². The van der Waals surface area contributed by atoms with Crippen molar-refractivity contribution in [3.63, 3.8) is 0 Å². The second kappa shape index (κ2) is 11.8. The van der Waals surface area contributed by atoms with Gasteiger partial charge in [0.15, 0.2) is 5.82 Å². The molecule has 2 aliphatic rings. The Kier molecular flexibility index (Phi) is 8.48. The zero-order chi connectivity index (χ0) is 25.5. The Morgan fingerprint density at radius 2 is 1.94 bits per heavy atom.